The fraction of sp³-hybridized carbons (Fsp3) is 0.412. The number of pyridine rings is 1. The molecule has 0 spiro atoms. The van der Waals surface area contributed by atoms with Crippen molar-refractivity contribution in [2.75, 3.05) is 13.1 Å². The van der Waals surface area contributed by atoms with Crippen LogP contribution in [0.1, 0.15) is 24.1 Å². The summed E-state index contributed by atoms with van der Waals surface area (Å²) in [7, 11) is 0. The van der Waals surface area contributed by atoms with E-state index >= 15 is 0 Å². The standard InChI is InChI=1S/C17H20N2O/c1-13-9-15(16-6-2-3-7-17(16)18-13)11-19-8-4-5-14(10-19)12-20/h2-3,6-7,9,12,14H,4-5,8,10-11H2,1H3. The fourth-order valence-corrected chi connectivity index (χ4v) is 3.11. The Kier molecular flexibility index (Phi) is 3.79. The summed E-state index contributed by atoms with van der Waals surface area (Å²) in [6.07, 6.45) is 3.27. The summed E-state index contributed by atoms with van der Waals surface area (Å²) < 4.78 is 0. The van der Waals surface area contributed by atoms with Crippen LogP contribution in [0.15, 0.2) is 30.3 Å². The fourth-order valence-electron chi connectivity index (χ4n) is 3.11. The van der Waals surface area contributed by atoms with E-state index < -0.39 is 0 Å². The number of aryl methyl sites for hydroxylation is 1. The van der Waals surface area contributed by atoms with Gasteiger partial charge >= 0.3 is 0 Å². The van der Waals surface area contributed by atoms with Gasteiger partial charge in [0.1, 0.15) is 6.29 Å². The predicted molar refractivity (Wildman–Crippen MR) is 80.5 cm³/mol. The molecule has 1 atom stereocenters. The lowest BCUT2D eigenvalue weighted by molar-refractivity contribution is -0.112. The summed E-state index contributed by atoms with van der Waals surface area (Å²) in [5.74, 6) is 0.206. The van der Waals surface area contributed by atoms with Crippen molar-refractivity contribution < 1.29 is 4.79 Å². The summed E-state index contributed by atoms with van der Waals surface area (Å²) in [6.45, 7) is 4.92. The van der Waals surface area contributed by atoms with Gasteiger partial charge in [0, 0.05) is 30.1 Å². The second kappa shape index (κ2) is 5.71. The third kappa shape index (κ3) is 2.73. The summed E-state index contributed by atoms with van der Waals surface area (Å²) in [6, 6.07) is 10.5. The molecule has 104 valence electrons. The molecule has 1 aromatic carbocycles. The van der Waals surface area contributed by atoms with Gasteiger partial charge in [-0.05, 0) is 44.0 Å². The number of para-hydroxylation sites is 1. The minimum absolute atomic E-state index is 0.206. The summed E-state index contributed by atoms with van der Waals surface area (Å²) >= 11 is 0. The van der Waals surface area contributed by atoms with Crippen molar-refractivity contribution in [2.45, 2.75) is 26.3 Å². The van der Waals surface area contributed by atoms with Crippen LogP contribution in [-0.2, 0) is 11.3 Å². The van der Waals surface area contributed by atoms with Crippen LogP contribution in [0.4, 0.5) is 0 Å². The van der Waals surface area contributed by atoms with Crippen molar-refractivity contribution in [1.29, 1.82) is 0 Å². The highest BCUT2D eigenvalue weighted by molar-refractivity contribution is 5.82. The number of nitrogens with zero attached hydrogens (tertiary/aromatic N) is 2. The highest BCUT2D eigenvalue weighted by Gasteiger charge is 2.19. The van der Waals surface area contributed by atoms with Crippen molar-refractivity contribution >= 4 is 17.2 Å². The molecule has 1 aliphatic rings. The second-order valence-electron chi connectivity index (χ2n) is 5.71. The van der Waals surface area contributed by atoms with Gasteiger partial charge in [-0.25, -0.2) is 0 Å². The third-order valence-corrected chi connectivity index (χ3v) is 4.06. The van der Waals surface area contributed by atoms with Crippen molar-refractivity contribution in [2.24, 2.45) is 5.92 Å². The number of aromatic nitrogens is 1. The highest BCUT2D eigenvalue weighted by Crippen LogP contribution is 2.22. The molecule has 2 heterocycles. The Morgan fingerprint density at radius 1 is 1.40 bits per heavy atom. The maximum absolute atomic E-state index is 11.0. The zero-order valence-electron chi connectivity index (χ0n) is 11.9. The molecule has 0 N–H and O–H groups in total. The molecule has 3 rings (SSSR count). The van der Waals surface area contributed by atoms with Crippen molar-refractivity contribution in [3.63, 3.8) is 0 Å². The van der Waals surface area contributed by atoms with E-state index in [4.69, 9.17) is 0 Å². The van der Waals surface area contributed by atoms with Gasteiger partial charge in [-0.2, -0.15) is 0 Å². The maximum atomic E-state index is 11.0. The number of rotatable bonds is 3. The van der Waals surface area contributed by atoms with Gasteiger partial charge < -0.3 is 4.79 Å². The van der Waals surface area contributed by atoms with Gasteiger partial charge in [0.05, 0.1) is 5.52 Å². The van der Waals surface area contributed by atoms with E-state index in [1.165, 1.54) is 10.9 Å². The highest BCUT2D eigenvalue weighted by atomic mass is 16.1. The van der Waals surface area contributed by atoms with Crippen LogP contribution in [0, 0.1) is 12.8 Å². The Bertz CT molecular complexity index is 623. The zero-order chi connectivity index (χ0) is 13.9. The minimum Gasteiger partial charge on any atom is -0.303 e. The lowest BCUT2D eigenvalue weighted by Gasteiger charge is -2.30. The molecule has 1 unspecified atom stereocenters. The predicted octanol–water partition coefficient (Wildman–Crippen LogP) is 2.95. The van der Waals surface area contributed by atoms with Crippen LogP contribution in [0.5, 0.6) is 0 Å². The van der Waals surface area contributed by atoms with Gasteiger partial charge in [0.2, 0.25) is 0 Å². The molecule has 0 saturated carbocycles. The normalized spacial score (nSPS) is 20.1. The van der Waals surface area contributed by atoms with Crippen molar-refractivity contribution in [3.8, 4) is 0 Å². The topological polar surface area (TPSA) is 33.2 Å². The van der Waals surface area contributed by atoms with E-state index in [9.17, 15) is 4.79 Å². The molecule has 0 amide bonds. The van der Waals surface area contributed by atoms with Crippen molar-refractivity contribution in [1.82, 2.24) is 9.88 Å². The number of likely N-dealkylation sites (tertiary alicyclic amines) is 1. The molecule has 1 saturated heterocycles. The number of benzene rings is 1. The summed E-state index contributed by atoms with van der Waals surface area (Å²) in [5.41, 5.74) is 3.44. The molecule has 20 heavy (non-hydrogen) atoms. The number of fused-ring (bicyclic) bond motifs is 1. The Hall–Kier alpha value is -1.74. The molecule has 1 aliphatic heterocycles. The van der Waals surface area contributed by atoms with Gasteiger partial charge in [-0.1, -0.05) is 18.2 Å². The SMILES string of the molecule is Cc1cc(CN2CCCC(C=O)C2)c2ccccc2n1. The van der Waals surface area contributed by atoms with Crippen LogP contribution in [0.25, 0.3) is 10.9 Å². The van der Waals surface area contributed by atoms with E-state index in [1.807, 2.05) is 13.0 Å². The molecule has 1 aromatic heterocycles. The van der Waals surface area contributed by atoms with E-state index in [0.29, 0.717) is 0 Å². The van der Waals surface area contributed by atoms with Crippen LogP contribution in [0.2, 0.25) is 0 Å². The zero-order valence-corrected chi connectivity index (χ0v) is 11.9. The average molecular weight is 268 g/mol. The quantitative estimate of drug-likeness (QED) is 0.802. The summed E-state index contributed by atoms with van der Waals surface area (Å²) in [4.78, 5) is 18.0. The monoisotopic (exact) mass is 268 g/mol. The molecule has 0 radical (unpaired) electrons. The van der Waals surface area contributed by atoms with Gasteiger partial charge in [-0.3, -0.25) is 9.88 Å². The number of hydrogen-bond acceptors (Lipinski definition) is 3. The number of carbonyl (C=O) groups is 1. The lowest BCUT2D eigenvalue weighted by atomic mass is 9.98. The van der Waals surface area contributed by atoms with Crippen LogP contribution >= 0.6 is 0 Å². The Morgan fingerprint density at radius 2 is 2.25 bits per heavy atom. The smallest absolute Gasteiger partial charge is 0.124 e. The molecule has 1 fully saturated rings. The Morgan fingerprint density at radius 3 is 3.10 bits per heavy atom. The number of hydrogen-bond donors (Lipinski definition) is 0. The van der Waals surface area contributed by atoms with Gasteiger partial charge in [0.15, 0.2) is 0 Å². The minimum atomic E-state index is 0.206. The first-order valence-electron chi connectivity index (χ1n) is 7.29. The van der Waals surface area contributed by atoms with Gasteiger partial charge in [-0.15, -0.1) is 0 Å². The Labute approximate surface area is 119 Å². The van der Waals surface area contributed by atoms with E-state index in [1.54, 1.807) is 0 Å². The van der Waals surface area contributed by atoms with E-state index in [2.05, 4.69) is 34.1 Å². The molecular weight excluding hydrogens is 248 g/mol. The largest absolute Gasteiger partial charge is 0.303 e. The van der Waals surface area contributed by atoms with Crippen LogP contribution in [-0.4, -0.2) is 29.3 Å². The first-order chi connectivity index (χ1) is 9.76. The molecule has 3 heteroatoms. The van der Waals surface area contributed by atoms with E-state index in [-0.39, 0.29) is 5.92 Å². The molecule has 0 bridgehead atoms. The first-order valence-corrected chi connectivity index (χ1v) is 7.29. The number of carbonyl (C=O) groups excluding carboxylic acids is 1. The Balaban J connectivity index is 1.88. The first kappa shape index (κ1) is 13.3. The maximum Gasteiger partial charge on any atom is 0.124 e. The van der Waals surface area contributed by atoms with Crippen molar-refractivity contribution in [3.05, 3.63) is 41.6 Å². The molecular formula is C17H20N2O. The summed E-state index contributed by atoms with van der Waals surface area (Å²) in [5, 5.41) is 1.23. The number of aldehydes is 1. The van der Waals surface area contributed by atoms with Gasteiger partial charge in [0.25, 0.3) is 0 Å². The molecule has 3 nitrogen and oxygen atoms in total. The average Bonchev–Trinajstić information content (AvgIpc) is 2.47. The molecule has 2 aromatic rings. The van der Waals surface area contributed by atoms with Crippen LogP contribution in [0.3, 0.4) is 0 Å². The molecule has 0 aliphatic carbocycles. The lowest BCUT2D eigenvalue weighted by Crippen LogP contribution is -2.35. The van der Waals surface area contributed by atoms with E-state index in [0.717, 1.165) is 50.0 Å². The number of piperidine rings is 1. The second-order valence-corrected chi connectivity index (χ2v) is 5.71. The third-order valence-electron chi connectivity index (χ3n) is 4.06. The van der Waals surface area contributed by atoms with Crippen LogP contribution < -0.4 is 0 Å².